The Morgan fingerprint density at radius 1 is 0.630 bits per heavy atom. The summed E-state index contributed by atoms with van der Waals surface area (Å²) < 4.78 is 6.05. The van der Waals surface area contributed by atoms with Crippen molar-refractivity contribution in [2.75, 3.05) is 0 Å². The van der Waals surface area contributed by atoms with Crippen LogP contribution in [0.4, 0.5) is 0 Å². The minimum atomic E-state index is -2.28. The Balaban J connectivity index is 2.01. The second kappa shape index (κ2) is 7.55. The molecule has 1 heterocycles. The van der Waals surface area contributed by atoms with Gasteiger partial charge in [0, 0.05) is 0 Å². The molecule has 2 heteroatoms. The van der Waals surface area contributed by atoms with Crippen molar-refractivity contribution >= 4 is 23.2 Å². The molecule has 0 atom stereocenters. The van der Waals surface area contributed by atoms with Crippen molar-refractivity contribution < 1.29 is 4.42 Å². The molecule has 0 unspecified atom stereocenters. The molecule has 0 spiro atoms. The number of benzene rings is 3. The van der Waals surface area contributed by atoms with Crippen LogP contribution in [-0.2, 0) is 6.16 Å². The van der Waals surface area contributed by atoms with Crippen LogP contribution in [0, 0.1) is 13.8 Å². The second-order valence-electron chi connectivity index (χ2n) is 7.15. The average Bonchev–Trinajstić information content (AvgIpc) is 3.06. The van der Waals surface area contributed by atoms with Gasteiger partial charge in [-0.1, -0.05) is 0 Å². The van der Waals surface area contributed by atoms with Crippen LogP contribution in [0.1, 0.15) is 16.9 Å². The summed E-state index contributed by atoms with van der Waals surface area (Å²) in [6, 6.07) is 33.0. The molecule has 0 N–H and O–H groups in total. The third kappa shape index (κ3) is 3.24. The zero-order chi connectivity index (χ0) is 18.7. The minimum absolute atomic E-state index is 0.921. The van der Waals surface area contributed by atoms with Crippen LogP contribution in [0.3, 0.4) is 0 Å². The van der Waals surface area contributed by atoms with Crippen molar-refractivity contribution in [2.45, 2.75) is 20.0 Å². The standard InChI is InChI=1S/C25H25OP/c1-20-18-26-25(21(20)2)19-27(22-12-6-3-7-13-22,23-14-8-4-9-15-23)24-16-10-5-11-17-24/h3-18,27H,19H2,1-2H3. The molecule has 27 heavy (non-hydrogen) atoms. The predicted octanol–water partition coefficient (Wildman–Crippen LogP) is 5.12. The molecule has 0 radical (unpaired) electrons. The van der Waals surface area contributed by atoms with Gasteiger partial charge in [0.05, 0.1) is 0 Å². The summed E-state index contributed by atoms with van der Waals surface area (Å²) in [5, 5.41) is 4.24. The molecule has 1 aromatic heterocycles. The zero-order valence-electron chi connectivity index (χ0n) is 15.9. The van der Waals surface area contributed by atoms with Gasteiger partial charge in [-0.05, 0) is 0 Å². The van der Waals surface area contributed by atoms with E-state index in [2.05, 4.69) is 105 Å². The van der Waals surface area contributed by atoms with E-state index >= 15 is 0 Å². The molecule has 4 rings (SSSR count). The van der Waals surface area contributed by atoms with Gasteiger partial charge in [0.1, 0.15) is 0 Å². The van der Waals surface area contributed by atoms with Crippen molar-refractivity contribution in [3.63, 3.8) is 0 Å². The summed E-state index contributed by atoms with van der Waals surface area (Å²) >= 11 is 0. The van der Waals surface area contributed by atoms with E-state index in [0.29, 0.717) is 0 Å². The quantitative estimate of drug-likeness (QED) is 0.443. The first kappa shape index (κ1) is 17.8. The molecular formula is C25H25OP. The topological polar surface area (TPSA) is 13.1 Å². The molecule has 0 saturated carbocycles. The summed E-state index contributed by atoms with van der Waals surface area (Å²) in [5.74, 6) is 1.11. The molecule has 3 aromatic carbocycles. The zero-order valence-corrected chi connectivity index (χ0v) is 16.9. The van der Waals surface area contributed by atoms with Crippen LogP contribution >= 0.6 is 7.26 Å². The van der Waals surface area contributed by atoms with E-state index in [-0.39, 0.29) is 0 Å². The molecule has 0 bridgehead atoms. The first-order valence-electron chi connectivity index (χ1n) is 9.42. The van der Waals surface area contributed by atoms with Crippen LogP contribution in [0.25, 0.3) is 0 Å². The number of furan rings is 1. The van der Waals surface area contributed by atoms with Gasteiger partial charge in [-0.2, -0.15) is 0 Å². The summed E-state index contributed by atoms with van der Waals surface area (Å²) in [7, 11) is -2.28. The first-order valence-corrected chi connectivity index (χ1v) is 11.6. The van der Waals surface area contributed by atoms with Gasteiger partial charge in [-0.25, -0.2) is 0 Å². The number of aryl methyl sites for hydroxylation is 1. The maximum absolute atomic E-state index is 6.05. The Morgan fingerprint density at radius 3 is 1.37 bits per heavy atom. The van der Waals surface area contributed by atoms with Crippen molar-refractivity contribution in [1.29, 1.82) is 0 Å². The van der Waals surface area contributed by atoms with Crippen LogP contribution in [-0.4, -0.2) is 0 Å². The van der Waals surface area contributed by atoms with Crippen molar-refractivity contribution in [2.24, 2.45) is 0 Å². The number of hydrogen-bond acceptors (Lipinski definition) is 1. The van der Waals surface area contributed by atoms with Gasteiger partial charge in [0.2, 0.25) is 0 Å². The molecule has 0 aliphatic rings. The van der Waals surface area contributed by atoms with E-state index < -0.39 is 7.26 Å². The third-order valence-electron chi connectivity index (χ3n) is 5.61. The van der Waals surface area contributed by atoms with Crippen LogP contribution in [0.5, 0.6) is 0 Å². The van der Waals surface area contributed by atoms with E-state index in [9.17, 15) is 0 Å². The second-order valence-corrected chi connectivity index (χ2v) is 11.0. The van der Waals surface area contributed by atoms with E-state index in [4.69, 9.17) is 4.42 Å². The molecule has 0 amide bonds. The van der Waals surface area contributed by atoms with E-state index in [1.165, 1.54) is 27.0 Å². The normalized spacial score (nSPS) is 12.1. The molecule has 0 saturated heterocycles. The van der Waals surface area contributed by atoms with Gasteiger partial charge >= 0.3 is 162 Å². The van der Waals surface area contributed by atoms with Crippen LogP contribution in [0.2, 0.25) is 0 Å². The Bertz CT molecular complexity index is 907. The van der Waals surface area contributed by atoms with Crippen molar-refractivity contribution in [1.82, 2.24) is 0 Å². The first-order chi connectivity index (χ1) is 13.2. The molecular weight excluding hydrogens is 347 g/mol. The predicted molar refractivity (Wildman–Crippen MR) is 118 cm³/mol. The molecule has 1 nitrogen and oxygen atoms in total. The molecule has 4 aromatic rings. The van der Waals surface area contributed by atoms with E-state index in [1.54, 1.807) is 0 Å². The average molecular weight is 372 g/mol. The Labute approximate surface area is 162 Å². The Kier molecular flexibility index (Phi) is 4.97. The van der Waals surface area contributed by atoms with Gasteiger partial charge in [0.15, 0.2) is 0 Å². The summed E-state index contributed by atoms with van der Waals surface area (Å²) in [6.07, 6.45) is 2.82. The van der Waals surface area contributed by atoms with Gasteiger partial charge in [-0.3, -0.25) is 0 Å². The van der Waals surface area contributed by atoms with E-state index in [0.717, 1.165) is 11.9 Å². The van der Waals surface area contributed by atoms with Crippen LogP contribution in [0.15, 0.2) is 102 Å². The van der Waals surface area contributed by atoms with Crippen molar-refractivity contribution in [3.05, 3.63) is 114 Å². The number of hydrogen-bond donors (Lipinski definition) is 0. The third-order valence-corrected chi connectivity index (χ3v) is 10.4. The molecule has 0 aliphatic carbocycles. The van der Waals surface area contributed by atoms with E-state index in [1.807, 2.05) is 6.26 Å². The summed E-state index contributed by atoms with van der Waals surface area (Å²) in [4.78, 5) is 0. The summed E-state index contributed by atoms with van der Waals surface area (Å²) in [6.45, 7) is 4.30. The molecule has 136 valence electrons. The fraction of sp³-hybridized carbons (Fsp3) is 0.120. The fourth-order valence-electron chi connectivity index (χ4n) is 3.95. The monoisotopic (exact) mass is 372 g/mol. The fourth-order valence-corrected chi connectivity index (χ4v) is 8.67. The number of rotatable bonds is 5. The Morgan fingerprint density at radius 2 is 1.04 bits per heavy atom. The molecule has 0 aliphatic heterocycles. The van der Waals surface area contributed by atoms with Crippen LogP contribution < -0.4 is 15.9 Å². The van der Waals surface area contributed by atoms with Gasteiger partial charge in [0.25, 0.3) is 0 Å². The SMILES string of the molecule is Cc1coc(C[PH](c2ccccc2)(c2ccccc2)c2ccccc2)c1C. The Hall–Kier alpha value is -2.63. The van der Waals surface area contributed by atoms with Crippen molar-refractivity contribution in [3.8, 4) is 0 Å². The van der Waals surface area contributed by atoms with Gasteiger partial charge < -0.3 is 0 Å². The maximum atomic E-state index is 6.05. The summed E-state index contributed by atoms with van der Waals surface area (Å²) in [5.41, 5.74) is 2.50. The molecule has 0 fully saturated rings. The van der Waals surface area contributed by atoms with Gasteiger partial charge in [-0.15, -0.1) is 0 Å².